The second kappa shape index (κ2) is 6.76. The van der Waals surface area contributed by atoms with Gasteiger partial charge in [0.25, 0.3) is 0 Å². The molecule has 5 nitrogen and oxygen atoms in total. The van der Waals surface area contributed by atoms with Gasteiger partial charge in [-0.25, -0.2) is 4.79 Å². The predicted molar refractivity (Wildman–Crippen MR) is 68.4 cm³/mol. The predicted octanol–water partition coefficient (Wildman–Crippen LogP) is 0.781. The van der Waals surface area contributed by atoms with Crippen molar-refractivity contribution in [1.82, 2.24) is 5.32 Å². The van der Waals surface area contributed by atoms with Crippen LogP contribution in [-0.2, 0) is 11.2 Å². The molecule has 0 aromatic heterocycles. The molecule has 0 aliphatic carbocycles. The van der Waals surface area contributed by atoms with Crippen LogP contribution >= 0.6 is 0 Å². The van der Waals surface area contributed by atoms with E-state index in [-0.39, 0.29) is 11.5 Å². The van der Waals surface area contributed by atoms with Crippen LogP contribution in [0.3, 0.4) is 0 Å². The van der Waals surface area contributed by atoms with Crippen molar-refractivity contribution < 1.29 is 14.7 Å². The van der Waals surface area contributed by atoms with Gasteiger partial charge in [0.05, 0.1) is 11.6 Å². The zero-order chi connectivity index (χ0) is 13.5. The van der Waals surface area contributed by atoms with Crippen molar-refractivity contribution in [3.8, 4) is 0 Å². The molecule has 4 N–H and O–H groups in total. The Morgan fingerprint density at radius 3 is 2.44 bits per heavy atom. The number of rotatable bonds is 6. The van der Waals surface area contributed by atoms with Crippen molar-refractivity contribution >= 4 is 11.9 Å². The summed E-state index contributed by atoms with van der Waals surface area (Å²) in [7, 11) is 0. The van der Waals surface area contributed by atoms with Crippen LogP contribution in [0.5, 0.6) is 0 Å². The largest absolute Gasteiger partial charge is 0.478 e. The van der Waals surface area contributed by atoms with Crippen LogP contribution in [0.2, 0.25) is 0 Å². The normalized spacial score (nSPS) is 11.9. The SMILES string of the molecule is CCC(N)C(=O)NCCc1ccc(C(=O)O)cc1. The van der Waals surface area contributed by atoms with E-state index in [0.29, 0.717) is 19.4 Å². The van der Waals surface area contributed by atoms with Gasteiger partial charge in [-0.15, -0.1) is 0 Å². The Morgan fingerprint density at radius 2 is 1.94 bits per heavy atom. The number of carbonyl (C=O) groups excluding carboxylic acids is 1. The van der Waals surface area contributed by atoms with Crippen LogP contribution in [0.1, 0.15) is 29.3 Å². The molecule has 0 saturated carbocycles. The lowest BCUT2D eigenvalue weighted by atomic mass is 10.1. The molecule has 0 radical (unpaired) electrons. The zero-order valence-corrected chi connectivity index (χ0v) is 10.3. The third-order valence-electron chi connectivity index (χ3n) is 2.69. The second-order valence-electron chi connectivity index (χ2n) is 4.06. The lowest BCUT2D eigenvalue weighted by molar-refractivity contribution is -0.122. The fourth-order valence-corrected chi connectivity index (χ4v) is 1.46. The first-order chi connectivity index (χ1) is 8.54. The minimum atomic E-state index is -0.941. The van der Waals surface area contributed by atoms with Gasteiger partial charge < -0.3 is 16.2 Å². The van der Waals surface area contributed by atoms with E-state index in [4.69, 9.17) is 10.8 Å². The summed E-state index contributed by atoms with van der Waals surface area (Å²) in [5.74, 6) is -1.09. The number of carboxylic acids is 1. The lowest BCUT2D eigenvalue weighted by Crippen LogP contribution is -2.40. The van der Waals surface area contributed by atoms with Crippen molar-refractivity contribution in [3.05, 3.63) is 35.4 Å². The highest BCUT2D eigenvalue weighted by Crippen LogP contribution is 2.04. The number of nitrogens with two attached hydrogens (primary N) is 1. The van der Waals surface area contributed by atoms with Crippen molar-refractivity contribution in [2.24, 2.45) is 5.73 Å². The molecule has 1 unspecified atom stereocenters. The molecule has 5 heteroatoms. The van der Waals surface area contributed by atoms with Crippen molar-refractivity contribution in [3.63, 3.8) is 0 Å². The number of aromatic carboxylic acids is 1. The molecule has 1 amide bonds. The monoisotopic (exact) mass is 250 g/mol. The molecular weight excluding hydrogens is 232 g/mol. The Morgan fingerprint density at radius 1 is 1.33 bits per heavy atom. The molecule has 1 aromatic carbocycles. The molecule has 18 heavy (non-hydrogen) atoms. The van der Waals surface area contributed by atoms with Gasteiger partial charge in [0.2, 0.25) is 5.91 Å². The van der Waals surface area contributed by atoms with Crippen LogP contribution in [0, 0.1) is 0 Å². The number of carbonyl (C=O) groups is 2. The first-order valence-corrected chi connectivity index (χ1v) is 5.90. The van der Waals surface area contributed by atoms with E-state index in [1.54, 1.807) is 24.3 Å². The van der Waals surface area contributed by atoms with Crippen LogP contribution in [0.25, 0.3) is 0 Å². The summed E-state index contributed by atoms with van der Waals surface area (Å²) in [4.78, 5) is 22.0. The van der Waals surface area contributed by atoms with Gasteiger partial charge in [-0.2, -0.15) is 0 Å². The molecule has 1 atom stereocenters. The topological polar surface area (TPSA) is 92.4 Å². The van der Waals surface area contributed by atoms with Gasteiger partial charge in [-0.3, -0.25) is 4.79 Å². The van der Waals surface area contributed by atoms with Gasteiger partial charge >= 0.3 is 5.97 Å². The fraction of sp³-hybridized carbons (Fsp3) is 0.385. The molecule has 0 fully saturated rings. The molecule has 0 bridgehead atoms. The van der Waals surface area contributed by atoms with E-state index in [0.717, 1.165) is 5.56 Å². The quantitative estimate of drug-likeness (QED) is 0.695. The number of amides is 1. The fourth-order valence-electron chi connectivity index (χ4n) is 1.46. The average molecular weight is 250 g/mol. The first kappa shape index (κ1) is 14.2. The second-order valence-corrected chi connectivity index (χ2v) is 4.06. The summed E-state index contributed by atoms with van der Waals surface area (Å²) in [5.41, 5.74) is 6.81. The molecule has 0 spiro atoms. The summed E-state index contributed by atoms with van der Waals surface area (Å²) in [5, 5.41) is 11.5. The molecule has 1 rings (SSSR count). The number of hydrogen-bond donors (Lipinski definition) is 3. The van der Waals surface area contributed by atoms with Crippen LogP contribution in [0.4, 0.5) is 0 Å². The maximum Gasteiger partial charge on any atom is 0.335 e. The summed E-state index contributed by atoms with van der Waals surface area (Å²) in [6.07, 6.45) is 1.27. The maximum atomic E-state index is 11.4. The van der Waals surface area contributed by atoms with Crippen LogP contribution in [0.15, 0.2) is 24.3 Å². The van der Waals surface area contributed by atoms with E-state index in [9.17, 15) is 9.59 Å². The van der Waals surface area contributed by atoms with Crippen molar-refractivity contribution in [1.29, 1.82) is 0 Å². The average Bonchev–Trinajstić information content (AvgIpc) is 2.38. The lowest BCUT2D eigenvalue weighted by Gasteiger charge is -2.09. The van der Waals surface area contributed by atoms with E-state index in [2.05, 4.69) is 5.32 Å². The minimum absolute atomic E-state index is 0.153. The number of carboxylic acid groups (broad SMARTS) is 1. The maximum absolute atomic E-state index is 11.4. The number of nitrogens with one attached hydrogen (secondary N) is 1. The minimum Gasteiger partial charge on any atom is -0.478 e. The van der Waals surface area contributed by atoms with Gasteiger partial charge in [-0.1, -0.05) is 19.1 Å². The smallest absolute Gasteiger partial charge is 0.335 e. The zero-order valence-electron chi connectivity index (χ0n) is 10.3. The van der Waals surface area contributed by atoms with Gasteiger partial charge in [0, 0.05) is 6.54 Å². The van der Waals surface area contributed by atoms with Crippen molar-refractivity contribution in [2.45, 2.75) is 25.8 Å². The molecule has 98 valence electrons. The molecule has 0 aliphatic heterocycles. The summed E-state index contributed by atoms with van der Waals surface area (Å²) in [6, 6.07) is 6.14. The van der Waals surface area contributed by atoms with E-state index in [1.807, 2.05) is 6.92 Å². The summed E-state index contributed by atoms with van der Waals surface area (Å²) in [6.45, 7) is 2.35. The summed E-state index contributed by atoms with van der Waals surface area (Å²) >= 11 is 0. The molecule has 0 heterocycles. The third kappa shape index (κ3) is 4.18. The molecular formula is C13H18N2O3. The molecule has 0 aliphatic rings. The standard InChI is InChI=1S/C13H18N2O3/c1-2-11(14)12(16)15-8-7-9-3-5-10(6-4-9)13(17)18/h3-6,11H,2,7-8,14H2,1H3,(H,15,16)(H,17,18). The van der Waals surface area contributed by atoms with Crippen LogP contribution < -0.4 is 11.1 Å². The Balaban J connectivity index is 2.40. The van der Waals surface area contributed by atoms with E-state index >= 15 is 0 Å². The number of benzene rings is 1. The highest BCUT2D eigenvalue weighted by molar-refractivity contribution is 5.87. The number of hydrogen-bond acceptors (Lipinski definition) is 3. The Kier molecular flexibility index (Phi) is 5.32. The Hall–Kier alpha value is -1.88. The Bertz CT molecular complexity index is 415. The third-order valence-corrected chi connectivity index (χ3v) is 2.69. The van der Waals surface area contributed by atoms with Crippen LogP contribution in [-0.4, -0.2) is 29.6 Å². The Labute approximate surface area is 106 Å². The first-order valence-electron chi connectivity index (χ1n) is 5.90. The van der Waals surface area contributed by atoms with E-state index in [1.165, 1.54) is 0 Å². The highest BCUT2D eigenvalue weighted by atomic mass is 16.4. The molecule has 0 saturated heterocycles. The van der Waals surface area contributed by atoms with Crippen molar-refractivity contribution in [2.75, 3.05) is 6.54 Å². The molecule has 1 aromatic rings. The van der Waals surface area contributed by atoms with Gasteiger partial charge in [-0.05, 0) is 30.5 Å². The van der Waals surface area contributed by atoms with E-state index < -0.39 is 12.0 Å². The van der Waals surface area contributed by atoms with Gasteiger partial charge in [0.1, 0.15) is 0 Å². The summed E-state index contributed by atoms with van der Waals surface area (Å²) < 4.78 is 0. The highest BCUT2D eigenvalue weighted by Gasteiger charge is 2.09. The van der Waals surface area contributed by atoms with Gasteiger partial charge in [0.15, 0.2) is 0 Å².